The molecule has 1 aliphatic carbocycles. The van der Waals surface area contributed by atoms with Gasteiger partial charge < -0.3 is 15.2 Å². The molecule has 3 aliphatic rings. The molecule has 1 aromatic carbocycles. The van der Waals surface area contributed by atoms with Gasteiger partial charge in [-0.05, 0) is 61.1 Å². The van der Waals surface area contributed by atoms with E-state index >= 15 is 0 Å². The highest BCUT2D eigenvalue weighted by atomic mass is 32.1. The quantitative estimate of drug-likeness (QED) is 0.543. The lowest BCUT2D eigenvalue weighted by atomic mass is 9.76. The highest BCUT2D eigenvalue weighted by molar-refractivity contribution is 7.09. The summed E-state index contributed by atoms with van der Waals surface area (Å²) >= 11 is 1.84. The molecule has 1 amide bonds. The lowest BCUT2D eigenvalue weighted by Crippen LogP contribution is -2.50. The summed E-state index contributed by atoms with van der Waals surface area (Å²) in [4.78, 5) is 25.5. The van der Waals surface area contributed by atoms with Crippen molar-refractivity contribution >= 4 is 23.2 Å². The molecule has 2 N–H and O–H groups in total. The van der Waals surface area contributed by atoms with Crippen molar-refractivity contribution in [1.29, 1.82) is 0 Å². The number of carboxylic acid groups (broad SMARTS) is 1. The summed E-state index contributed by atoms with van der Waals surface area (Å²) in [5.74, 6) is -0.593. The third-order valence-corrected chi connectivity index (χ3v) is 7.85. The summed E-state index contributed by atoms with van der Waals surface area (Å²) in [6.07, 6.45) is 1.05. The van der Waals surface area contributed by atoms with Crippen LogP contribution in [0.4, 0.5) is 13.2 Å². The molecule has 3 heterocycles. The molecule has 1 unspecified atom stereocenters. The smallest absolute Gasteiger partial charge is 0.487 e. The number of ether oxygens (including phenoxy) is 1. The number of fused-ring (bicyclic) bond motifs is 1. The van der Waals surface area contributed by atoms with Crippen molar-refractivity contribution in [1.82, 2.24) is 10.2 Å². The molecular weight excluding hydrogens is 493 g/mol. The van der Waals surface area contributed by atoms with Gasteiger partial charge in [-0.3, -0.25) is 9.69 Å². The van der Waals surface area contributed by atoms with E-state index < -0.39 is 12.1 Å². The average Bonchev–Trinajstić information content (AvgIpc) is 3.53. The summed E-state index contributed by atoms with van der Waals surface area (Å²) in [6, 6.07) is 12.7. The summed E-state index contributed by atoms with van der Waals surface area (Å²) in [7, 11) is 0. The second-order valence-corrected chi connectivity index (χ2v) is 10.9. The fourth-order valence-corrected chi connectivity index (χ4v) is 5.60. The van der Waals surface area contributed by atoms with Crippen LogP contribution >= 0.6 is 11.3 Å². The van der Waals surface area contributed by atoms with Gasteiger partial charge in [-0.2, -0.15) is 13.2 Å². The predicted octanol–water partition coefficient (Wildman–Crippen LogP) is 5.20. The molecule has 5 rings (SSSR count). The van der Waals surface area contributed by atoms with Crippen molar-refractivity contribution in [2.75, 3.05) is 19.6 Å². The summed E-state index contributed by atoms with van der Waals surface area (Å²) in [5, 5.41) is 12.4. The molecule has 0 bridgehead atoms. The van der Waals surface area contributed by atoms with Crippen LogP contribution in [-0.2, 0) is 16.1 Å². The maximum Gasteiger partial charge on any atom is 0.490 e. The molecular formula is C26H31F3N2O4S. The van der Waals surface area contributed by atoms with Gasteiger partial charge in [-0.25, -0.2) is 4.79 Å². The van der Waals surface area contributed by atoms with E-state index in [1.165, 1.54) is 23.3 Å². The topological polar surface area (TPSA) is 78.9 Å². The van der Waals surface area contributed by atoms with Crippen LogP contribution in [0.5, 0.6) is 5.75 Å². The van der Waals surface area contributed by atoms with E-state index in [4.69, 9.17) is 14.6 Å². The molecule has 1 spiro atoms. The number of rotatable bonds is 6. The van der Waals surface area contributed by atoms with Crippen molar-refractivity contribution in [3.8, 4) is 5.75 Å². The number of amides is 1. The zero-order valence-electron chi connectivity index (χ0n) is 19.9. The van der Waals surface area contributed by atoms with E-state index in [2.05, 4.69) is 45.9 Å². The van der Waals surface area contributed by atoms with Gasteiger partial charge in [-0.15, -0.1) is 11.3 Å². The van der Waals surface area contributed by atoms with Crippen molar-refractivity contribution < 1.29 is 32.6 Å². The second-order valence-electron chi connectivity index (χ2n) is 9.83. The van der Waals surface area contributed by atoms with Gasteiger partial charge in [0.1, 0.15) is 11.4 Å². The van der Waals surface area contributed by atoms with Crippen LogP contribution < -0.4 is 10.1 Å². The number of benzene rings is 1. The third kappa shape index (κ3) is 7.22. The Morgan fingerprint density at radius 1 is 1.14 bits per heavy atom. The Morgan fingerprint density at radius 2 is 1.83 bits per heavy atom. The number of hydrogen-bond acceptors (Lipinski definition) is 5. The Kier molecular flexibility index (Phi) is 8.24. The van der Waals surface area contributed by atoms with Gasteiger partial charge in [-0.1, -0.05) is 24.3 Å². The lowest BCUT2D eigenvalue weighted by Gasteiger charge is -2.47. The van der Waals surface area contributed by atoms with Crippen molar-refractivity contribution in [2.24, 2.45) is 5.92 Å². The zero-order chi connectivity index (χ0) is 25.8. The average molecular weight is 525 g/mol. The van der Waals surface area contributed by atoms with E-state index in [0.29, 0.717) is 6.42 Å². The maximum absolute atomic E-state index is 12.6. The van der Waals surface area contributed by atoms with Gasteiger partial charge in [0, 0.05) is 43.4 Å². The number of carbonyl (C=O) groups is 2. The molecule has 2 aliphatic heterocycles. The molecule has 2 fully saturated rings. The number of piperidine rings is 1. The Labute approximate surface area is 212 Å². The Morgan fingerprint density at radius 3 is 2.44 bits per heavy atom. The van der Waals surface area contributed by atoms with Crippen LogP contribution in [-0.4, -0.2) is 53.3 Å². The number of carbonyl (C=O) groups excluding carboxylic acids is 1. The van der Waals surface area contributed by atoms with Crippen molar-refractivity contribution in [2.45, 2.75) is 62.8 Å². The van der Waals surface area contributed by atoms with E-state index in [1.807, 2.05) is 17.4 Å². The molecule has 36 heavy (non-hydrogen) atoms. The molecule has 196 valence electrons. The second kappa shape index (κ2) is 11.2. The minimum Gasteiger partial charge on any atom is -0.487 e. The fourth-order valence-electron chi connectivity index (χ4n) is 4.85. The van der Waals surface area contributed by atoms with Crippen LogP contribution in [0, 0.1) is 5.92 Å². The largest absolute Gasteiger partial charge is 0.490 e. The van der Waals surface area contributed by atoms with Crippen LogP contribution in [0.1, 0.15) is 54.9 Å². The number of thiophene rings is 1. The molecule has 0 radical (unpaired) electrons. The molecule has 1 saturated heterocycles. The van der Waals surface area contributed by atoms with E-state index in [1.54, 1.807) is 0 Å². The maximum atomic E-state index is 12.6. The SMILES string of the molecule is O=C(CC1CC2(CCN(Cc3cccs3)CC2)Oc2ccccc21)NCC1CC1.O=C(O)C(F)(F)F. The van der Waals surface area contributed by atoms with Crippen LogP contribution in [0.3, 0.4) is 0 Å². The number of para-hydroxylation sites is 1. The standard InChI is InChI=1S/C24H30N2O2S.C2HF3O2/c27-23(25-16-18-7-8-18)14-19-15-24(28-22-6-2-1-5-21(19)22)9-11-26(12-10-24)17-20-4-3-13-29-20;3-2(4,5)1(6)7/h1-6,13,18-19H,7-12,14-17H2,(H,25,27);(H,6,7). The molecule has 2 aromatic rings. The first-order valence-electron chi connectivity index (χ1n) is 12.2. The van der Waals surface area contributed by atoms with Crippen molar-refractivity contribution in [3.05, 3.63) is 52.2 Å². The number of aliphatic carboxylic acids is 1. The van der Waals surface area contributed by atoms with Gasteiger partial charge in [0.15, 0.2) is 0 Å². The first-order valence-corrected chi connectivity index (χ1v) is 13.1. The first-order chi connectivity index (χ1) is 17.1. The molecule has 10 heteroatoms. The molecule has 6 nitrogen and oxygen atoms in total. The number of halogens is 3. The molecule has 1 saturated carbocycles. The highest BCUT2D eigenvalue weighted by Gasteiger charge is 2.43. The number of nitrogens with zero attached hydrogens (tertiary/aromatic N) is 1. The minimum absolute atomic E-state index is 0.123. The van der Waals surface area contributed by atoms with Gasteiger partial charge >= 0.3 is 12.1 Å². The van der Waals surface area contributed by atoms with Gasteiger partial charge in [0.25, 0.3) is 0 Å². The number of nitrogens with one attached hydrogen (secondary N) is 1. The molecule has 1 atom stereocenters. The Balaban J connectivity index is 0.000000384. The first kappa shape index (κ1) is 26.5. The monoisotopic (exact) mass is 524 g/mol. The zero-order valence-corrected chi connectivity index (χ0v) is 20.7. The minimum atomic E-state index is -5.08. The van der Waals surface area contributed by atoms with Gasteiger partial charge in [0.2, 0.25) is 5.91 Å². The normalized spacial score (nSPS) is 21.0. The van der Waals surface area contributed by atoms with Crippen molar-refractivity contribution in [3.63, 3.8) is 0 Å². The predicted molar refractivity (Wildman–Crippen MR) is 130 cm³/mol. The summed E-state index contributed by atoms with van der Waals surface area (Å²) in [6.45, 7) is 4.01. The highest BCUT2D eigenvalue weighted by Crippen LogP contribution is 2.46. The van der Waals surface area contributed by atoms with Crippen LogP contribution in [0.15, 0.2) is 41.8 Å². The van der Waals surface area contributed by atoms with E-state index in [-0.39, 0.29) is 17.4 Å². The molecule has 1 aromatic heterocycles. The number of alkyl halides is 3. The third-order valence-electron chi connectivity index (χ3n) is 6.99. The Hall–Kier alpha value is -2.59. The number of likely N-dealkylation sites (tertiary alicyclic amines) is 1. The van der Waals surface area contributed by atoms with Crippen LogP contribution in [0.25, 0.3) is 0 Å². The van der Waals surface area contributed by atoms with Gasteiger partial charge in [0.05, 0.1) is 0 Å². The summed E-state index contributed by atoms with van der Waals surface area (Å²) in [5.41, 5.74) is 1.09. The fraction of sp³-hybridized carbons (Fsp3) is 0.538. The van der Waals surface area contributed by atoms with Crippen LogP contribution in [0.2, 0.25) is 0 Å². The lowest BCUT2D eigenvalue weighted by molar-refractivity contribution is -0.192. The van der Waals surface area contributed by atoms with E-state index in [9.17, 15) is 18.0 Å². The van der Waals surface area contributed by atoms with E-state index in [0.717, 1.165) is 57.1 Å². The Bertz CT molecular complexity index is 1030. The number of carboxylic acids is 1. The summed E-state index contributed by atoms with van der Waals surface area (Å²) < 4.78 is 38.3. The number of hydrogen-bond donors (Lipinski definition) is 2.